The second kappa shape index (κ2) is 14.3. The number of carbonyl (C=O) groups is 4. The lowest BCUT2D eigenvalue weighted by atomic mass is 9.95. The Balaban J connectivity index is 1.55. The van der Waals surface area contributed by atoms with Gasteiger partial charge in [-0.15, -0.1) is 0 Å². The quantitative estimate of drug-likeness (QED) is 0.369. The summed E-state index contributed by atoms with van der Waals surface area (Å²) >= 11 is 0. The van der Waals surface area contributed by atoms with Crippen LogP contribution in [0.1, 0.15) is 51.1 Å². The summed E-state index contributed by atoms with van der Waals surface area (Å²) in [7, 11) is 0. The summed E-state index contributed by atoms with van der Waals surface area (Å²) in [6, 6.07) is 15.0. The van der Waals surface area contributed by atoms with E-state index in [0.29, 0.717) is 12.8 Å². The molecule has 0 aromatic heterocycles. The summed E-state index contributed by atoms with van der Waals surface area (Å²) < 4.78 is 0. The number of benzene rings is 2. The second-order valence-electron chi connectivity index (χ2n) is 9.60. The SMILES string of the molecule is CCCC(=O)N(CC(=O)NCC(=O)NC/C=C/C(=O)O)C1CCN(C(C)c2cccc3ccccc23)CC1. The van der Waals surface area contributed by atoms with Crippen LogP contribution in [0.2, 0.25) is 0 Å². The van der Waals surface area contributed by atoms with Crippen molar-refractivity contribution in [1.82, 2.24) is 20.4 Å². The minimum absolute atomic E-state index is 0.0363. The lowest BCUT2D eigenvalue weighted by molar-refractivity contribution is -0.139. The minimum Gasteiger partial charge on any atom is -0.478 e. The Morgan fingerprint density at radius 3 is 2.47 bits per heavy atom. The van der Waals surface area contributed by atoms with Crippen LogP contribution in [0.15, 0.2) is 54.6 Å². The van der Waals surface area contributed by atoms with E-state index in [-0.39, 0.29) is 37.6 Å². The summed E-state index contributed by atoms with van der Waals surface area (Å²) in [5.74, 6) is -1.97. The van der Waals surface area contributed by atoms with Gasteiger partial charge in [-0.25, -0.2) is 4.79 Å². The van der Waals surface area contributed by atoms with Crippen LogP contribution in [0.25, 0.3) is 10.8 Å². The second-order valence-corrected chi connectivity index (χ2v) is 9.60. The van der Waals surface area contributed by atoms with E-state index < -0.39 is 17.8 Å². The number of likely N-dealkylation sites (tertiary alicyclic amines) is 1. The first-order valence-corrected chi connectivity index (χ1v) is 13.2. The van der Waals surface area contributed by atoms with E-state index in [1.807, 2.05) is 13.0 Å². The van der Waals surface area contributed by atoms with Gasteiger partial charge >= 0.3 is 5.97 Å². The molecule has 1 aliphatic heterocycles. The lowest BCUT2D eigenvalue weighted by Gasteiger charge is -2.41. The van der Waals surface area contributed by atoms with Crippen LogP contribution in [-0.4, -0.2) is 77.4 Å². The molecule has 1 saturated heterocycles. The predicted octanol–water partition coefficient (Wildman–Crippen LogP) is 2.87. The van der Waals surface area contributed by atoms with Gasteiger partial charge in [-0.3, -0.25) is 19.3 Å². The van der Waals surface area contributed by atoms with Gasteiger partial charge in [0.25, 0.3) is 0 Å². The fraction of sp³-hybridized carbons (Fsp3) is 0.448. The molecule has 3 N–H and O–H groups in total. The topological polar surface area (TPSA) is 119 Å². The largest absolute Gasteiger partial charge is 0.478 e. The van der Waals surface area contributed by atoms with Crippen molar-refractivity contribution in [2.75, 3.05) is 32.7 Å². The van der Waals surface area contributed by atoms with Crippen LogP contribution in [0.4, 0.5) is 0 Å². The van der Waals surface area contributed by atoms with Gasteiger partial charge in [0, 0.05) is 44.2 Å². The molecule has 204 valence electrons. The molecule has 0 aliphatic carbocycles. The third kappa shape index (κ3) is 8.14. The zero-order chi connectivity index (χ0) is 27.5. The third-order valence-electron chi connectivity index (χ3n) is 6.98. The summed E-state index contributed by atoms with van der Waals surface area (Å²) in [5.41, 5.74) is 1.29. The van der Waals surface area contributed by atoms with Gasteiger partial charge in [-0.05, 0) is 42.5 Å². The third-order valence-corrected chi connectivity index (χ3v) is 6.98. The van der Waals surface area contributed by atoms with Crippen molar-refractivity contribution in [3.8, 4) is 0 Å². The van der Waals surface area contributed by atoms with E-state index in [2.05, 4.69) is 58.9 Å². The van der Waals surface area contributed by atoms with Gasteiger partial charge in [0.2, 0.25) is 17.7 Å². The first-order valence-electron chi connectivity index (χ1n) is 13.2. The highest BCUT2D eigenvalue weighted by molar-refractivity contribution is 5.88. The van der Waals surface area contributed by atoms with Crippen LogP contribution in [0, 0.1) is 0 Å². The highest BCUT2D eigenvalue weighted by atomic mass is 16.4. The van der Waals surface area contributed by atoms with E-state index in [0.717, 1.165) is 32.0 Å². The maximum absolute atomic E-state index is 12.9. The number of fused-ring (bicyclic) bond motifs is 1. The van der Waals surface area contributed by atoms with Crippen molar-refractivity contribution in [1.29, 1.82) is 0 Å². The Kier molecular flexibility index (Phi) is 10.8. The van der Waals surface area contributed by atoms with Gasteiger partial charge in [-0.1, -0.05) is 55.5 Å². The maximum Gasteiger partial charge on any atom is 0.328 e. The Morgan fingerprint density at radius 1 is 1.05 bits per heavy atom. The fourth-order valence-corrected chi connectivity index (χ4v) is 4.96. The summed E-state index contributed by atoms with van der Waals surface area (Å²) in [5, 5.41) is 16.1. The van der Waals surface area contributed by atoms with Crippen molar-refractivity contribution >= 4 is 34.5 Å². The van der Waals surface area contributed by atoms with Gasteiger partial charge < -0.3 is 20.6 Å². The van der Waals surface area contributed by atoms with Crippen molar-refractivity contribution in [3.05, 3.63) is 60.2 Å². The Labute approximate surface area is 223 Å². The maximum atomic E-state index is 12.9. The van der Waals surface area contributed by atoms with E-state index in [9.17, 15) is 19.2 Å². The molecule has 38 heavy (non-hydrogen) atoms. The average Bonchev–Trinajstić information content (AvgIpc) is 2.92. The molecule has 1 unspecified atom stereocenters. The van der Waals surface area contributed by atoms with E-state index in [4.69, 9.17) is 5.11 Å². The Hall–Kier alpha value is -3.72. The number of nitrogens with zero attached hydrogens (tertiary/aromatic N) is 2. The predicted molar refractivity (Wildman–Crippen MR) is 146 cm³/mol. The number of amides is 3. The number of hydrogen-bond acceptors (Lipinski definition) is 5. The summed E-state index contributed by atoms with van der Waals surface area (Å²) in [6.07, 6.45) is 4.85. The van der Waals surface area contributed by atoms with Crippen LogP contribution < -0.4 is 10.6 Å². The molecule has 3 rings (SSSR count). The number of carboxylic acid groups (broad SMARTS) is 1. The fourth-order valence-electron chi connectivity index (χ4n) is 4.96. The Bertz CT molecular complexity index is 1150. The molecular weight excluding hydrogens is 484 g/mol. The van der Waals surface area contributed by atoms with Crippen LogP contribution >= 0.6 is 0 Å². The van der Waals surface area contributed by atoms with Gasteiger partial charge in [0.15, 0.2) is 0 Å². The molecule has 2 aromatic rings. The van der Waals surface area contributed by atoms with Gasteiger partial charge in [-0.2, -0.15) is 0 Å². The number of piperidine rings is 1. The molecule has 9 nitrogen and oxygen atoms in total. The first kappa shape index (κ1) is 28.8. The molecule has 1 heterocycles. The molecule has 0 saturated carbocycles. The zero-order valence-corrected chi connectivity index (χ0v) is 22.2. The molecule has 1 aliphatic rings. The van der Waals surface area contributed by atoms with E-state index >= 15 is 0 Å². The Morgan fingerprint density at radius 2 is 1.76 bits per heavy atom. The number of rotatable bonds is 12. The highest BCUT2D eigenvalue weighted by Crippen LogP contribution is 2.31. The number of carboxylic acids is 1. The van der Waals surface area contributed by atoms with Crippen LogP contribution in [0.5, 0.6) is 0 Å². The summed E-state index contributed by atoms with van der Waals surface area (Å²) in [4.78, 5) is 52.0. The zero-order valence-electron chi connectivity index (χ0n) is 22.2. The standard InChI is InChI=1S/C29H38N4O5/c1-3-8-28(36)33(20-27(35)31-19-26(34)30-16-7-13-29(37)38)23-14-17-32(18-15-23)21(2)24-12-6-10-22-9-4-5-11-25(22)24/h4-7,9-13,21,23H,3,8,14-20H2,1-2H3,(H,30,34)(H,31,35)(H,37,38)/b13-7+. The molecule has 3 amide bonds. The van der Waals surface area contributed by atoms with Crippen molar-refractivity contribution < 1.29 is 24.3 Å². The molecule has 1 fully saturated rings. The molecule has 0 spiro atoms. The number of hydrogen-bond donors (Lipinski definition) is 3. The lowest BCUT2D eigenvalue weighted by Crippen LogP contribution is -2.51. The van der Waals surface area contributed by atoms with Crippen LogP contribution in [-0.2, 0) is 19.2 Å². The van der Waals surface area contributed by atoms with E-state index in [1.54, 1.807) is 4.90 Å². The van der Waals surface area contributed by atoms with E-state index in [1.165, 1.54) is 22.4 Å². The molecule has 0 radical (unpaired) electrons. The number of nitrogens with one attached hydrogen (secondary N) is 2. The minimum atomic E-state index is -1.10. The van der Waals surface area contributed by atoms with Crippen LogP contribution in [0.3, 0.4) is 0 Å². The van der Waals surface area contributed by atoms with Gasteiger partial charge in [0.05, 0.1) is 13.1 Å². The molecule has 0 bridgehead atoms. The van der Waals surface area contributed by atoms with Gasteiger partial charge in [0.1, 0.15) is 0 Å². The van der Waals surface area contributed by atoms with Crippen molar-refractivity contribution in [2.24, 2.45) is 0 Å². The normalized spacial score (nSPS) is 15.3. The van der Waals surface area contributed by atoms with Crippen molar-refractivity contribution in [3.63, 3.8) is 0 Å². The molecule has 2 aromatic carbocycles. The molecular formula is C29H38N4O5. The van der Waals surface area contributed by atoms with Crippen molar-refractivity contribution in [2.45, 2.75) is 51.6 Å². The summed E-state index contributed by atoms with van der Waals surface area (Å²) in [6.45, 7) is 5.52. The average molecular weight is 523 g/mol. The smallest absolute Gasteiger partial charge is 0.328 e. The highest BCUT2D eigenvalue weighted by Gasteiger charge is 2.31. The number of carbonyl (C=O) groups excluding carboxylic acids is 3. The molecule has 1 atom stereocenters. The number of aliphatic carboxylic acids is 1. The first-order chi connectivity index (χ1) is 18.3. The monoisotopic (exact) mass is 522 g/mol. The molecule has 9 heteroatoms.